The summed E-state index contributed by atoms with van der Waals surface area (Å²) in [4.78, 5) is 12.5. The number of amides is 1. The van der Waals surface area contributed by atoms with E-state index in [-0.39, 0.29) is 35.7 Å². The number of methoxy groups -OCH3 is 1. The summed E-state index contributed by atoms with van der Waals surface area (Å²) in [5, 5.41) is 2.83. The van der Waals surface area contributed by atoms with Gasteiger partial charge in [-0.15, -0.1) is 0 Å². The predicted octanol–water partition coefficient (Wildman–Crippen LogP) is 3.11. The van der Waals surface area contributed by atoms with Crippen molar-refractivity contribution in [2.75, 3.05) is 13.7 Å². The highest BCUT2D eigenvalue weighted by Gasteiger charge is 2.30. The van der Waals surface area contributed by atoms with E-state index in [0.29, 0.717) is 0 Å². The lowest BCUT2D eigenvalue weighted by molar-refractivity contribution is -0.122. The molecule has 152 valence electrons. The van der Waals surface area contributed by atoms with Crippen LogP contribution in [-0.2, 0) is 21.4 Å². The molecule has 1 atom stereocenters. The molecule has 0 spiro atoms. The maximum Gasteiger partial charge on any atom is 0.247 e. The molecule has 0 saturated heterocycles. The monoisotopic (exact) mass is 404 g/mol. The van der Waals surface area contributed by atoms with Crippen LogP contribution >= 0.6 is 0 Å². The topological polar surface area (TPSA) is 75.7 Å². The van der Waals surface area contributed by atoms with Crippen molar-refractivity contribution in [1.82, 2.24) is 9.62 Å². The predicted molar refractivity (Wildman–Crippen MR) is 110 cm³/mol. The lowest BCUT2D eigenvalue weighted by atomic mass is 10.2. The minimum atomic E-state index is -3.95. The van der Waals surface area contributed by atoms with Gasteiger partial charge in [-0.25, -0.2) is 8.42 Å². The Morgan fingerprint density at radius 2 is 1.86 bits per heavy atom. The highest BCUT2D eigenvalue weighted by atomic mass is 32.2. The second-order valence-corrected chi connectivity index (χ2v) is 8.70. The number of nitrogens with zero attached hydrogens (tertiary/aromatic N) is 1. The molecule has 2 rings (SSSR count). The molecule has 0 bridgehead atoms. The third kappa shape index (κ3) is 5.56. The maximum absolute atomic E-state index is 13.4. The van der Waals surface area contributed by atoms with E-state index in [9.17, 15) is 13.2 Å². The number of nitrogens with one attached hydrogen (secondary N) is 1. The van der Waals surface area contributed by atoms with Crippen molar-refractivity contribution < 1.29 is 17.9 Å². The Balaban J connectivity index is 2.41. The van der Waals surface area contributed by atoms with Gasteiger partial charge in [-0.2, -0.15) is 4.31 Å². The Morgan fingerprint density at radius 3 is 2.46 bits per heavy atom. The molecule has 0 aromatic heterocycles. The fourth-order valence-electron chi connectivity index (χ4n) is 2.72. The number of ether oxygens (including phenoxy) is 1. The van der Waals surface area contributed by atoms with Crippen LogP contribution in [0.5, 0.6) is 5.75 Å². The smallest absolute Gasteiger partial charge is 0.247 e. The van der Waals surface area contributed by atoms with E-state index < -0.39 is 10.0 Å². The molecule has 0 heterocycles. The SMILES string of the molecule is CC[C@H](C)NC(=O)CN(Cc1ccccc1)S(=O)(=O)c1cc(C)ccc1OC. The summed E-state index contributed by atoms with van der Waals surface area (Å²) in [6, 6.07) is 14.2. The van der Waals surface area contributed by atoms with Gasteiger partial charge in [0.15, 0.2) is 0 Å². The third-order valence-electron chi connectivity index (χ3n) is 4.48. The first-order valence-corrected chi connectivity index (χ1v) is 10.7. The van der Waals surface area contributed by atoms with Gasteiger partial charge in [0.05, 0.1) is 13.7 Å². The van der Waals surface area contributed by atoms with Crippen LogP contribution in [0.3, 0.4) is 0 Å². The zero-order valence-corrected chi connectivity index (χ0v) is 17.6. The van der Waals surface area contributed by atoms with E-state index in [2.05, 4.69) is 5.32 Å². The molecule has 6 nitrogen and oxygen atoms in total. The molecule has 0 aliphatic carbocycles. The second-order valence-electron chi connectivity index (χ2n) is 6.79. The van der Waals surface area contributed by atoms with E-state index >= 15 is 0 Å². The molecule has 1 amide bonds. The van der Waals surface area contributed by atoms with Gasteiger partial charge in [0, 0.05) is 12.6 Å². The van der Waals surface area contributed by atoms with Gasteiger partial charge < -0.3 is 10.1 Å². The number of carbonyl (C=O) groups excluding carboxylic acids is 1. The van der Waals surface area contributed by atoms with Gasteiger partial charge in [0.1, 0.15) is 10.6 Å². The number of aryl methyl sites for hydroxylation is 1. The van der Waals surface area contributed by atoms with E-state index in [1.807, 2.05) is 51.1 Å². The zero-order chi connectivity index (χ0) is 20.7. The van der Waals surface area contributed by atoms with Crippen LogP contribution in [0.2, 0.25) is 0 Å². The van der Waals surface area contributed by atoms with Crippen molar-refractivity contribution >= 4 is 15.9 Å². The first kappa shape index (κ1) is 21.9. The molecule has 28 heavy (non-hydrogen) atoms. The summed E-state index contributed by atoms with van der Waals surface area (Å²) in [6.07, 6.45) is 0.767. The van der Waals surface area contributed by atoms with Crippen LogP contribution in [0.25, 0.3) is 0 Å². The van der Waals surface area contributed by atoms with E-state index in [4.69, 9.17) is 4.74 Å². The van der Waals surface area contributed by atoms with Gasteiger partial charge in [-0.1, -0.05) is 43.3 Å². The van der Waals surface area contributed by atoms with Crippen molar-refractivity contribution in [3.63, 3.8) is 0 Å². The molecular weight excluding hydrogens is 376 g/mol. The van der Waals surface area contributed by atoms with Crippen LogP contribution in [0, 0.1) is 6.92 Å². The van der Waals surface area contributed by atoms with Crippen molar-refractivity contribution in [2.24, 2.45) is 0 Å². The summed E-state index contributed by atoms with van der Waals surface area (Å²) >= 11 is 0. The molecule has 0 aliphatic rings. The highest BCUT2D eigenvalue weighted by Crippen LogP contribution is 2.28. The maximum atomic E-state index is 13.4. The van der Waals surface area contributed by atoms with Gasteiger partial charge in [0.25, 0.3) is 0 Å². The lowest BCUT2D eigenvalue weighted by Gasteiger charge is -2.24. The average molecular weight is 405 g/mol. The molecule has 0 saturated carbocycles. The summed E-state index contributed by atoms with van der Waals surface area (Å²) in [7, 11) is -2.52. The zero-order valence-electron chi connectivity index (χ0n) is 16.8. The van der Waals surface area contributed by atoms with Crippen molar-refractivity contribution in [1.29, 1.82) is 0 Å². The fraction of sp³-hybridized carbons (Fsp3) is 0.381. The Kier molecular flexibility index (Phi) is 7.60. The summed E-state index contributed by atoms with van der Waals surface area (Å²) in [6.45, 7) is 5.49. The van der Waals surface area contributed by atoms with Crippen LogP contribution in [0.1, 0.15) is 31.4 Å². The standard InChI is InChI=1S/C21H28N2O4S/c1-5-17(3)22-21(24)15-23(14-18-9-7-6-8-10-18)28(25,26)20-13-16(2)11-12-19(20)27-4/h6-13,17H,5,14-15H2,1-4H3,(H,22,24)/t17-/m0/s1. The van der Waals surface area contributed by atoms with Gasteiger partial charge in [-0.3, -0.25) is 4.79 Å². The van der Waals surface area contributed by atoms with E-state index in [0.717, 1.165) is 17.5 Å². The summed E-state index contributed by atoms with van der Waals surface area (Å²) < 4.78 is 33.3. The number of benzene rings is 2. The average Bonchev–Trinajstić information content (AvgIpc) is 2.68. The van der Waals surface area contributed by atoms with Crippen LogP contribution in [0.4, 0.5) is 0 Å². The molecule has 0 radical (unpaired) electrons. The number of hydrogen-bond acceptors (Lipinski definition) is 4. The van der Waals surface area contributed by atoms with E-state index in [1.54, 1.807) is 18.2 Å². The normalized spacial score (nSPS) is 12.6. The highest BCUT2D eigenvalue weighted by molar-refractivity contribution is 7.89. The van der Waals surface area contributed by atoms with Crippen molar-refractivity contribution in [2.45, 2.75) is 44.7 Å². The van der Waals surface area contributed by atoms with E-state index in [1.165, 1.54) is 11.4 Å². The molecule has 0 aliphatic heterocycles. The molecule has 1 N–H and O–H groups in total. The van der Waals surface area contributed by atoms with Crippen LogP contribution < -0.4 is 10.1 Å². The number of rotatable bonds is 9. The minimum absolute atomic E-state index is 0.0257. The first-order valence-electron chi connectivity index (χ1n) is 9.26. The third-order valence-corrected chi connectivity index (χ3v) is 6.29. The van der Waals surface area contributed by atoms with Crippen molar-refractivity contribution in [3.8, 4) is 5.75 Å². The largest absolute Gasteiger partial charge is 0.495 e. The van der Waals surface area contributed by atoms with Gasteiger partial charge in [0.2, 0.25) is 15.9 Å². The lowest BCUT2D eigenvalue weighted by Crippen LogP contribution is -2.43. The molecule has 2 aromatic carbocycles. The van der Waals surface area contributed by atoms with Gasteiger partial charge in [-0.05, 0) is 43.5 Å². The Bertz CT molecular complexity index is 898. The number of hydrogen-bond donors (Lipinski definition) is 1. The molecule has 7 heteroatoms. The molecule has 0 fully saturated rings. The Morgan fingerprint density at radius 1 is 1.18 bits per heavy atom. The minimum Gasteiger partial charge on any atom is -0.495 e. The fourth-order valence-corrected chi connectivity index (χ4v) is 4.35. The quantitative estimate of drug-likeness (QED) is 0.697. The van der Waals surface area contributed by atoms with Gasteiger partial charge >= 0.3 is 0 Å². The Labute approximate surface area is 167 Å². The van der Waals surface area contributed by atoms with Crippen LogP contribution in [0.15, 0.2) is 53.4 Å². The van der Waals surface area contributed by atoms with Crippen molar-refractivity contribution in [3.05, 3.63) is 59.7 Å². The van der Waals surface area contributed by atoms with Crippen LogP contribution in [-0.4, -0.2) is 38.3 Å². The summed E-state index contributed by atoms with van der Waals surface area (Å²) in [5.74, 6) is -0.0773. The summed E-state index contributed by atoms with van der Waals surface area (Å²) in [5.41, 5.74) is 1.59. The molecular formula is C21H28N2O4S. The number of carbonyl (C=O) groups is 1. The first-order chi connectivity index (χ1) is 13.3. The number of sulfonamides is 1. The second kappa shape index (κ2) is 9.71. The molecule has 0 unspecified atom stereocenters. The molecule has 2 aromatic rings. The Hall–Kier alpha value is -2.38.